The Morgan fingerprint density at radius 2 is 1.05 bits per heavy atom. The summed E-state index contributed by atoms with van der Waals surface area (Å²) in [6.07, 6.45) is -0.134. The number of ether oxygens (including phenoxy) is 1. The molecule has 0 heterocycles. The second kappa shape index (κ2) is 13.6. The normalized spacial score (nSPS) is 13.1. The lowest BCUT2D eigenvalue weighted by Gasteiger charge is -2.32. The molecule has 2 aromatic carbocycles. The van der Waals surface area contributed by atoms with Crippen LogP contribution in [0.4, 0.5) is 0 Å². The van der Waals surface area contributed by atoms with E-state index in [1.165, 1.54) is 0 Å². The van der Waals surface area contributed by atoms with Crippen LogP contribution >= 0.6 is 23.5 Å². The standard InChI is InChI=1S/C36H55NO5S2/c1-32(2,3)24-17-22(18-25(30(24)41)33(4,5)6)43-36(13,14)44-23-19-26(34(7,8)9)31(27(20-23)35(10,11)12)42-21-28(38)37-16-15-29(39)40/h17-20,41H,15-16,21H2,1-14H3,(H,37,38)(H,39,40). The van der Waals surface area contributed by atoms with Crippen LogP contribution in [0.15, 0.2) is 34.1 Å². The van der Waals surface area contributed by atoms with Gasteiger partial charge in [-0.05, 0) is 59.8 Å². The van der Waals surface area contributed by atoms with E-state index >= 15 is 0 Å². The topological polar surface area (TPSA) is 95.9 Å². The van der Waals surface area contributed by atoms with Gasteiger partial charge in [-0.15, -0.1) is 23.5 Å². The number of carboxylic acids is 1. The third kappa shape index (κ3) is 10.6. The molecule has 0 aromatic heterocycles. The smallest absolute Gasteiger partial charge is 0.305 e. The molecule has 0 fully saturated rings. The lowest BCUT2D eigenvalue weighted by Crippen LogP contribution is -2.31. The van der Waals surface area contributed by atoms with Crippen molar-refractivity contribution in [3.05, 3.63) is 46.5 Å². The van der Waals surface area contributed by atoms with Crippen LogP contribution in [0, 0.1) is 0 Å². The van der Waals surface area contributed by atoms with E-state index in [1.54, 1.807) is 23.5 Å². The first-order chi connectivity index (χ1) is 19.7. The molecule has 3 N–H and O–H groups in total. The zero-order valence-corrected chi connectivity index (χ0v) is 31.0. The van der Waals surface area contributed by atoms with Crippen molar-refractivity contribution in [3.8, 4) is 11.5 Å². The third-order valence-corrected chi connectivity index (χ3v) is 9.54. The predicted molar refractivity (Wildman–Crippen MR) is 186 cm³/mol. The highest BCUT2D eigenvalue weighted by Crippen LogP contribution is 2.51. The van der Waals surface area contributed by atoms with Gasteiger partial charge in [0.05, 0.1) is 10.5 Å². The molecular weight excluding hydrogens is 591 g/mol. The second-order valence-electron chi connectivity index (χ2n) is 16.1. The molecule has 0 aliphatic rings. The second-order valence-corrected chi connectivity index (χ2v) is 19.8. The van der Waals surface area contributed by atoms with E-state index in [9.17, 15) is 14.7 Å². The number of hydrogen-bond donors (Lipinski definition) is 3. The Balaban J connectivity index is 2.53. The fourth-order valence-electron chi connectivity index (χ4n) is 4.83. The van der Waals surface area contributed by atoms with Gasteiger partial charge in [-0.1, -0.05) is 83.1 Å². The summed E-state index contributed by atoms with van der Waals surface area (Å²) in [6.45, 7) is 30.0. The van der Waals surface area contributed by atoms with Crippen molar-refractivity contribution in [1.29, 1.82) is 0 Å². The Hall–Kier alpha value is -2.32. The number of aromatic hydroxyl groups is 1. The molecule has 0 saturated heterocycles. The Labute approximate surface area is 274 Å². The van der Waals surface area contributed by atoms with Gasteiger partial charge in [-0.25, -0.2) is 0 Å². The van der Waals surface area contributed by atoms with Crippen LogP contribution in [0.2, 0.25) is 0 Å². The number of nitrogens with one attached hydrogen (secondary N) is 1. The molecule has 246 valence electrons. The van der Waals surface area contributed by atoms with Gasteiger partial charge in [0.2, 0.25) is 0 Å². The van der Waals surface area contributed by atoms with E-state index in [-0.39, 0.29) is 51.2 Å². The summed E-state index contributed by atoms with van der Waals surface area (Å²) in [6, 6.07) is 8.63. The van der Waals surface area contributed by atoms with Crippen molar-refractivity contribution in [2.24, 2.45) is 0 Å². The van der Waals surface area contributed by atoms with E-state index in [4.69, 9.17) is 9.84 Å². The van der Waals surface area contributed by atoms with Crippen molar-refractivity contribution in [2.45, 2.75) is 139 Å². The highest BCUT2D eigenvalue weighted by Gasteiger charge is 2.32. The first kappa shape index (κ1) is 37.9. The molecule has 8 heteroatoms. The SMILES string of the molecule is CC(C)(Sc1cc(C(C)(C)C)c(O)c(C(C)(C)C)c1)Sc1cc(C(C)(C)C)c(OCC(=O)NCCC(=O)O)c(C(C)(C)C)c1. The monoisotopic (exact) mass is 645 g/mol. The minimum atomic E-state index is -0.958. The molecule has 0 radical (unpaired) electrons. The summed E-state index contributed by atoms with van der Waals surface area (Å²) in [5, 5.41) is 22.7. The van der Waals surface area contributed by atoms with Crippen LogP contribution in [0.25, 0.3) is 0 Å². The highest BCUT2D eigenvalue weighted by molar-refractivity contribution is 8.18. The summed E-state index contributed by atoms with van der Waals surface area (Å²) in [5.41, 5.74) is 3.00. The Kier molecular flexibility index (Phi) is 11.7. The Morgan fingerprint density at radius 1 is 0.682 bits per heavy atom. The number of carbonyl (C=O) groups is 2. The zero-order chi connectivity index (χ0) is 34.1. The molecule has 6 nitrogen and oxygen atoms in total. The maximum absolute atomic E-state index is 12.5. The molecule has 44 heavy (non-hydrogen) atoms. The van der Waals surface area contributed by atoms with Gasteiger partial charge < -0.3 is 20.3 Å². The molecule has 0 unspecified atom stereocenters. The lowest BCUT2D eigenvalue weighted by molar-refractivity contribution is -0.137. The van der Waals surface area contributed by atoms with Gasteiger partial charge in [-0.2, -0.15) is 0 Å². The lowest BCUT2D eigenvalue weighted by atomic mass is 9.79. The minimum Gasteiger partial charge on any atom is -0.507 e. The number of amides is 1. The van der Waals surface area contributed by atoms with Crippen LogP contribution in [-0.2, 0) is 31.2 Å². The van der Waals surface area contributed by atoms with Crippen LogP contribution < -0.4 is 10.1 Å². The van der Waals surface area contributed by atoms with Crippen LogP contribution in [0.5, 0.6) is 11.5 Å². The summed E-state index contributed by atoms with van der Waals surface area (Å²) < 4.78 is 5.97. The molecule has 2 aromatic rings. The molecular formula is C36H55NO5S2. The summed E-state index contributed by atoms with van der Waals surface area (Å²) in [5.74, 6) is -0.216. The number of carboxylic acid groups (broad SMARTS) is 1. The number of hydrogen-bond acceptors (Lipinski definition) is 6. The van der Waals surface area contributed by atoms with Crippen LogP contribution in [0.3, 0.4) is 0 Å². The number of carbonyl (C=O) groups excluding carboxylic acids is 1. The van der Waals surface area contributed by atoms with Crippen molar-refractivity contribution in [1.82, 2.24) is 5.32 Å². The summed E-state index contributed by atoms with van der Waals surface area (Å²) in [4.78, 5) is 25.6. The molecule has 0 atom stereocenters. The number of aliphatic carboxylic acids is 1. The van der Waals surface area contributed by atoms with Crippen molar-refractivity contribution >= 4 is 35.4 Å². The molecule has 2 rings (SSSR count). The first-order valence-electron chi connectivity index (χ1n) is 15.3. The zero-order valence-electron chi connectivity index (χ0n) is 29.4. The maximum Gasteiger partial charge on any atom is 0.305 e. The Bertz CT molecular complexity index is 1280. The molecule has 0 aliphatic carbocycles. The molecule has 0 spiro atoms. The van der Waals surface area contributed by atoms with Crippen LogP contribution in [0.1, 0.15) is 126 Å². The number of phenolic OH excluding ortho intramolecular Hbond substituents is 1. The fourth-order valence-corrected chi connectivity index (χ4v) is 7.41. The van der Waals surface area contributed by atoms with E-state index < -0.39 is 5.97 Å². The van der Waals surface area contributed by atoms with Gasteiger partial charge >= 0.3 is 5.97 Å². The number of phenols is 1. The van der Waals surface area contributed by atoms with Crippen LogP contribution in [-0.4, -0.2) is 39.3 Å². The highest BCUT2D eigenvalue weighted by atomic mass is 32.2. The average Bonchev–Trinajstić information content (AvgIpc) is 2.80. The predicted octanol–water partition coefficient (Wildman–Crippen LogP) is 9.17. The Morgan fingerprint density at radius 3 is 1.39 bits per heavy atom. The largest absolute Gasteiger partial charge is 0.507 e. The number of thioether (sulfide) groups is 2. The molecule has 1 amide bonds. The quantitative estimate of drug-likeness (QED) is 0.175. The fraction of sp³-hybridized carbons (Fsp3) is 0.611. The molecule has 0 saturated carbocycles. The summed E-state index contributed by atoms with van der Waals surface area (Å²) >= 11 is 3.58. The van der Waals surface area contributed by atoms with Gasteiger partial charge in [-0.3, -0.25) is 9.59 Å². The minimum absolute atomic E-state index is 0.0631. The van der Waals surface area contributed by atoms with Gasteiger partial charge in [0, 0.05) is 38.6 Å². The first-order valence-corrected chi connectivity index (χ1v) is 16.9. The van der Waals surface area contributed by atoms with Crippen molar-refractivity contribution < 1.29 is 24.5 Å². The van der Waals surface area contributed by atoms with E-state index in [0.717, 1.165) is 32.0 Å². The van der Waals surface area contributed by atoms with E-state index in [0.29, 0.717) is 11.5 Å². The molecule has 0 aliphatic heterocycles. The van der Waals surface area contributed by atoms with Crippen molar-refractivity contribution in [3.63, 3.8) is 0 Å². The van der Waals surface area contributed by atoms with Gasteiger partial charge in [0.15, 0.2) is 6.61 Å². The molecule has 0 bridgehead atoms. The van der Waals surface area contributed by atoms with Gasteiger partial charge in [0.25, 0.3) is 5.91 Å². The van der Waals surface area contributed by atoms with E-state index in [1.807, 2.05) is 0 Å². The third-order valence-electron chi connectivity index (χ3n) is 7.11. The van der Waals surface area contributed by atoms with E-state index in [2.05, 4.69) is 127 Å². The van der Waals surface area contributed by atoms with Crippen molar-refractivity contribution in [2.75, 3.05) is 13.2 Å². The maximum atomic E-state index is 12.5. The van der Waals surface area contributed by atoms with Gasteiger partial charge in [0.1, 0.15) is 11.5 Å². The average molecular weight is 646 g/mol. The number of rotatable bonds is 10. The summed E-state index contributed by atoms with van der Waals surface area (Å²) in [7, 11) is 0. The number of benzene rings is 2.